The molecule has 26 heavy (non-hydrogen) atoms. The van der Waals surface area contributed by atoms with Crippen molar-refractivity contribution in [1.82, 2.24) is 15.1 Å². The van der Waals surface area contributed by atoms with Gasteiger partial charge >= 0.3 is 6.03 Å². The number of urea groups is 1. The number of nitriles is 1. The molecule has 0 aliphatic carbocycles. The Labute approximate surface area is 149 Å². The van der Waals surface area contributed by atoms with E-state index < -0.39 is 11.8 Å². The molecule has 0 unspecified atom stereocenters. The van der Waals surface area contributed by atoms with E-state index in [1.807, 2.05) is 42.6 Å². The Morgan fingerprint density at radius 1 is 1.19 bits per heavy atom. The molecule has 0 aliphatic rings. The molecule has 0 radical (unpaired) electrons. The van der Waals surface area contributed by atoms with Crippen molar-refractivity contribution in [3.63, 3.8) is 0 Å². The lowest BCUT2D eigenvalue weighted by atomic mass is 10.1. The molecule has 6 nitrogen and oxygen atoms in total. The van der Waals surface area contributed by atoms with Crippen molar-refractivity contribution in [2.75, 3.05) is 5.32 Å². The highest BCUT2D eigenvalue weighted by Crippen LogP contribution is 2.16. The number of nitrogens with zero attached hydrogens (tertiary/aromatic N) is 3. The summed E-state index contributed by atoms with van der Waals surface area (Å²) in [5.41, 5.74) is 2.32. The van der Waals surface area contributed by atoms with Gasteiger partial charge in [0, 0.05) is 18.9 Å². The third-order valence-electron chi connectivity index (χ3n) is 3.80. The number of hydrogen-bond donors (Lipinski definition) is 2. The summed E-state index contributed by atoms with van der Waals surface area (Å²) in [7, 11) is 0. The maximum absolute atomic E-state index is 13.2. The van der Waals surface area contributed by atoms with Crippen molar-refractivity contribution < 1.29 is 9.18 Å². The number of halogens is 1. The summed E-state index contributed by atoms with van der Waals surface area (Å²) in [6.07, 6.45) is 3.58. The number of amides is 2. The number of benzene rings is 2. The topological polar surface area (TPSA) is 82.7 Å². The number of hydrogen-bond acceptors (Lipinski definition) is 3. The van der Waals surface area contributed by atoms with E-state index in [4.69, 9.17) is 5.26 Å². The Morgan fingerprint density at radius 3 is 2.73 bits per heavy atom. The number of aromatic nitrogens is 2. The summed E-state index contributed by atoms with van der Waals surface area (Å²) in [4.78, 5) is 12.1. The quantitative estimate of drug-likeness (QED) is 0.742. The molecule has 3 aromatic rings. The summed E-state index contributed by atoms with van der Waals surface area (Å²) in [6.45, 7) is 0.912. The van der Waals surface area contributed by atoms with E-state index in [0.29, 0.717) is 13.1 Å². The van der Waals surface area contributed by atoms with Crippen molar-refractivity contribution in [1.29, 1.82) is 5.26 Å². The molecule has 0 spiro atoms. The second kappa shape index (κ2) is 7.94. The van der Waals surface area contributed by atoms with Crippen LogP contribution >= 0.6 is 0 Å². The zero-order valence-electron chi connectivity index (χ0n) is 13.8. The number of carbonyl (C=O) groups is 1. The van der Waals surface area contributed by atoms with Crippen LogP contribution in [0.3, 0.4) is 0 Å². The predicted octanol–water partition coefficient (Wildman–Crippen LogP) is 3.26. The molecule has 2 amide bonds. The Hall–Kier alpha value is -3.66. The maximum Gasteiger partial charge on any atom is 0.319 e. The van der Waals surface area contributed by atoms with Crippen molar-refractivity contribution in [3.05, 3.63) is 83.4 Å². The van der Waals surface area contributed by atoms with Gasteiger partial charge in [0.25, 0.3) is 0 Å². The molecule has 0 fully saturated rings. The first-order chi connectivity index (χ1) is 12.7. The molecule has 0 saturated carbocycles. The number of anilines is 1. The number of nitrogens with one attached hydrogen (secondary N) is 2. The van der Waals surface area contributed by atoms with E-state index in [1.165, 1.54) is 12.1 Å². The fourth-order valence-electron chi connectivity index (χ4n) is 2.51. The molecule has 0 atom stereocenters. The molecule has 1 heterocycles. The van der Waals surface area contributed by atoms with Gasteiger partial charge in [0.1, 0.15) is 11.9 Å². The first-order valence-electron chi connectivity index (χ1n) is 7.94. The van der Waals surface area contributed by atoms with E-state index in [9.17, 15) is 9.18 Å². The van der Waals surface area contributed by atoms with Crippen LogP contribution in [-0.2, 0) is 13.1 Å². The van der Waals surface area contributed by atoms with Gasteiger partial charge in [-0.05, 0) is 35.4 Å². The Kier molecular flexibility index (Phi) is 5.25. The third kappa shape index (κ3) is 4.24. The highest BCUT2D eigenvalue weighted by molar-refractivity contribution is 5.90. The van der Waals surface area contributed by atoms with Gasteiger partial charge in [0.2, 0.25) is 0 Å². The molecule has 7 heteroatoms. The van der Waals surface area contributed by atoms with Gasteiger partial charge in [0.15, 0.2) is 0 Å². The van der Waals surface area contributed by atoms with E-state index in [2.05, 4.69) is 15.7 Å². The van der Waals surface area contributed by atoms with Gasteiger partial charge in [-0.15, -0.1) is 0 Å². The summed E-state index contributed by atoms with van der Waals surface area (Å²) in [5.74, 6) is -0.528. The fraction of sp³-hybridized carbons (Fsp3) is 0.105. The molecule has 2 N–H and O–H groups in total. The van der Waals surface area contributed by atoms with Gasteiger partial charge in [-0.25, -0.2) is 9.18 Å². The summed E-state index contributed by atoms with van der Waals surface area (Å²) in [5, 5.41) is 18.5. The molecule has 3 rings (SSSR count). The van der Waals surface area contributed by atoms with Crippen LogP contribution in [0.15, 0.2) is 60.9 Å². The minimum absolute atomic E-state index is 0.0687. The standard InChI is InChI=1S/C19H16FN5O/c20-17-6-7-18(16(10-17)11-21)24-19(26)22-12-14-4-1-2-5-15(14)13-25-9-3-8-23-25/h1-10H,12-13H2,(H2,22,24,26). The molecule has 130 valence electrons. The van der Waals surface area contributed by atoms with Crippen LogP contribution in [-0.4, -0.2) is 15.8 Å². The van der Waals surface area contributed by atoms with Crippen LogP contribution in [0.4, 0.5) is 14.9 Å². The fourth-order valence-corrected chi connectivity index (χ4v) is 2.51. The average molecular weight is 349 g/mol. The van der Waals surface area contributed by atoms with Crippen molar-refractivity contribution in [2.45, 2.75) is 13.1 Å². The van der Waals surface area contributed by atoms with Crippen LogP contribution in [0.5, 0.6) is 0 Å². The minimum atomic E-state index is -0.528. The Bertz CT molecular complexity index is 947. The number of carbonyl (C=O) groups excluding carboxylic acids is 1. The average Bonchev–Trinajstić information content (AvgIpc) is 3.15. The number of rotatable bonds is 5. The van der Waals surface area contributed by atoms with Crippen LogP contribution < -0.4 is 10.6 Å². The van der Waals surface area contributed by atoms with E-state index in [1.54, 1.807) is 10.9 Å². The lowest BCUT2D eigenvalue weighted by Gasteiger charge is -2.12. The van der Waals surface area contributed by atoms with Crippen molar-refractivity contribution >= 4 is 11.7 Å². The Balaban J connectivity index is 1.64. The van der Waals surface area contributed by atoms with E-state index in [-0.39, 0.29) is 11.3 Å². The molecule has 0 saturated heterocycles. The maximum atomic E-state index is 13.2. The van der Waals surface area contributed by atoms with Gasteiger partial charge in [-0.1, -0.05) is 24.3 Å². The second-order valence-electron chi connectivity index (χ2n) is 5.58. The molecule has 2 aromatic carbocycles. The van der Waals surface area contributed by atoms with Gasteiger partial charge < -0.3 is 10.6 Å². The summed E-state index contributed by atoms with van der Waals surface area (Å²) >= 11 is 0. The highest BCUT2D eigenvalue weighted by Gasteiger charge is 2.09. The van der Waals surface area contributed by atoms with Crippen molar-refractivity contribution in [2.24, 2.45) is 0 Å². The lowest BCUT2D eigenvalue weighted by molar-refractivity contribution is 0.251. The van der Waals surface area contributed by atoms with Gasteiger partial charge in [0.05, 0.1) is 17.8 Å². The molecule has 0 bridgehead atoms. The Morgan fingerprint density at radius 2 is 2.00 bits per heavy atom. The van der Waals surface area contributed by atoms with Crippen molar-refractivity contribution in [3.8, 4) is 6.07 Å². The van der Waals surface area contributed by atoms with E-state index >= 15 is 0 Å². The summed E-state index contributed by atoms with van der Waals surface area (Å²) in [6, 6.07) is 14.6. The predicted molar refractivity (Wildman–Crippen MR) is 94.7 cm³/mol. The molecular formula is C19H16FN5O. The van der Waals surface area contributed by atoms with Crippen LogP contribution in [0.25, 0.3) is 0 Å². The van der Waals surface area contributed by atoms with Crippen LogP contribution in [0.2, 0.25) is 0 Å². The van der Waals surface area contributed by atoms with Gasteiger partial charge in [-0.2, -0.15) is 10.4 Å². The smallest absolute Gasteiger partial charge is 0.319 e. The largest absolute Gasteiger partial charge is 0.334 e. The first-order valence-corrected chi connectivity index (χ1v) is 7.94. The van der Waals surface area contributed by atoms with E-state index in [0.717, 1.165) is 17.2 Å². The minimum Gasteiger partial charge on any atom is -0.334 e. The first kappa shape index (κ1) is 17.2. The SMILES string of the molecule is N#Cc1cc(F)ccc1NC(=O)NCc1ccccc1Cn1cccn1. The molecular weight excluding hydrogens is 333 g/mol. The lowest BCUT2D eigenvalue weighted by Crippen LogP contribution is -2.29. The molecule has 1 aromatic heterocycles. The molecule has 0 aliphatic heterocycles. The zero-order valence-corrected chi connectivity index (χ0v) is 13.8. The zero-order chi connectivity index (χ0) is 18.4. The summed E-state index contributed by atoms with van der Waals surface area (Å²) < 4.78 is 15.0. The highest BCUT2D eigenvalue weighted by atomic mass is 19.1. The van der Waals surface area contributed by atoms with Crippen LogP contribution in [0, 0.1) is 17.1 Å². The van der Waals surface area contributed by atoms with Crippen LogP contribution in [0.1, 0.15) is 16.7 Å². The normalized spacial score (nSPS) is 10.2. The monoisotopic (exact) mass is 349 g/mol. The third-order valence-corrected chi connectivity index (χ3v) is 3.80. The second-order valence-corrected chi connectivity index (χ2v) is 5.58. The van der Waals surface area contributed by atoms with Gasteiger partial charge in [-0.3, -0.25) is 4.68 Å².